The third-order valence-corrected chi connectivity index (χ3v) is 3.61. The Kier molecular flexibility index (Phi) is 4.41. The summed E-state index contributed by atoms with van der Waals surface area (Å²) in [6.07, 6.45) is 3.17. The largest absolute Gasteiger partial charge is 0.466 e. The normalized spacial score (nSPS) is 22.4. The zero-order valence-corrected chi connectivity index (χ0v) is 11.9. The van der Waals surface area contributed by atoms with E-state index < -0.39 is 0 Å². The van der Waals surface area contributed by atoms with Crippen LogP contribution in [0.4, 0.5) is 0 Å². The Morgan fingerprint density at radius 2 is 2.00 bits per heavy atom. The van der Waals surface area contributed by atoms with Gasteiger partial charge in [-0.15, -0.1) is 0 Å². The molecule has 2 heteroatoms. The van der Waals surface area contributed by atoms with E-state index in [2.05, 4.69) is 32.1 Å². The molecule has 1 fully saturated rings. The molecular formula is C17H22O2. The van der Waals surface area contributed by atoms with Crippen molar-refractivity contribution in [1.29, 1.82) is 0 Å². The van der Waals surface area contributed by atoms with Gasteiger partial charge in [-0.2, -0.15) is 0 Å². The average molecular weight is 258 g/mol. The lowest BCUT2D eigenvalue weighted by atomic mass is 9.95. The molecule has 1 saturated carbocycles. The first-order valence-electron chi connectivity index (χ1n) is 7.06. The van der Waals surface area contributed by atoms with Gasteiger partial charge in [0.2, 0.25) is 0 Å². The Morgan fingerprint density at radius 3 is 2.58 bits per heavy atom. The first kappa shape index (κ1) is 13.9. The molecule has 1 aliphatic rings. The number of carbonyl (C=O) groups is 1. The molecule has 0 N–H and O–H groups in total. The van der Waals surface area contributed by atoms with Gasteiger partial charge >= 0.3 is 5.97 Å². The summed E-state index contributed by atoms with van der Waals surface area (Å²) >= 11 is 0. The lowest BCUT2D eigenvalue weighted by Gasteiger charge is -2.11. The fourth-order valence-corrected chi connectivity index (χ4v) is 2.52. The summed E-state index contributed by atoms with van der Waals surface area (Å²) in [6, 6.07) is 10.3. The standard InChI is InChI=1S/C17H22O2/c1-4-19-17(18)16-11-15(16)14(12(2)3)10-13-8-6-5-7-9-13/h5-10,12,15-16H,4,11H2,1-3H3/b14-10+/t15-,16+/m0/s1. The van der Waals surface area contributed by atoms with E-state index in [4.69, 9.17) is 4.74 Å². The second kappa shape index (κ2) is 6.05. The third kappa shape index (κ3) is 3.46. The second-order valence-corrected chi connectivity index (χ2v) is 5.41. The molecule has 0 aromatic heterocycles. The van der Waals surface area contributed by atoms with Crippen LogP contribution in [0.15, 0.2) is 35.9 Å². The average Bonchev–Trinajstić information content (AvgIpc) is 3.17. The molecular weight excluding hydrogens is 236 g/mol. The molecule has 0 unspecified atom stereocenters. The summed E-state index contributed by atoms with van der Waals surface area (Å²) in [5.74, 6) is 0.883. The number of allylic oxidation sites excluding steroid dienone is 1. The van der Waals surface area contributed by atoms with Crippen molar-refractivity contribution in [1.82, 2.24) is 0 Å². The van der Waals surface area contributed by atoms with Crippen LogP contribution < -0.4 is 0 Å². The maximum Gasteiger partial charge on any atom is 0.309 e. The second-order valence-electron chi connectivity index (χ2n) is 5.41. The lowest BCUT2D eigenvalue weighted by molar-refractivity contribution is -0.144. The molecule has 1 aromatic carbocycles. The highest BCUT2D eigenvalue weighted by atomic mass is 16.5. The van der Waals surface area contributed by atoms with Crippen LogP contribution >= 0.6 is 0 Å². The Hall–Kier alpha value is -1.57. The van der Waals surface area contributed by atoms with E-state index in [-0.39, 0.29) is 11.9 Å². The van der Waals surface area contributed by atoms with Crippen LogP contribution in [0, 0.1) is 17.8 Å². The van der Waals surface area contributed by atoms with Crippen molar-refractivity contribution < 1.29 is 9.53 Å². The van der Waals surface area contributed by atoms with Crippen LogP contribution in [0.1, 0.15) is 32.8 Å². The Balaban J connectivity index is 2.11. The summed E-state index contributed by atoms with van der Waals surface area (Å²) in [5.41, 5.74) is 2.57. The topological polar surface area (TPSA) is 26.3 Å². The maximum absolute atomic E-state index is 11.7. The van der Waals surface area contributed by atoms with E-state index in [0.29, 0.717) is 18.4 Å². The van der Waals surface area contributed by atoms with Crippen molar-refractivity contribution in [3.8, 4) is 0 Å². The van der Waals surface area contributed by atoms with Crippen molar-refractivity contribution in [2.75, 3.05) is 6.61 Å². The number of carbonyl (C=O) groups excluding carboxylic acids is 1. The van der Waals surface area contributed by atoms with Gasteiger partial charge in [0, 0.05) is 0 Å². The van der Waals surface area contributed by atoms with Gasteiger partial charge in [0.05, 0.1) is 12.5 Å². The molecule has 19 heavy (non-hydrogen) atoms. The van der Waals surface area contributed by atoms with Crippen LogP contribution in [-0.4, -0.2) is 12.6 Å². The predicted molar refractivity (Wildman–Crippen MR) is 77.5 cm³/mol. The Labute approximate surface area is 115 Å². The minimum atomic E-state index is -0.0351. The van der Waals surface area contributed by atoms with Gasteiger partial charge in [0.25, 0.3) is 0 Å². The molecule has 0 amide bonds. The first-order chi connectivity index (χ1) is 9.13. The molecule has 0 radical (unpaired) electrons. The fraction of sp³-hybridized carbons (Fsp3) is 0.471. The van der Waals surface area contributed by atoms with Crippen molar-refractivity contribution in [3.63, 3.8) is 0 Å². The molecule has 2 rings (SSSR count). The van der Waals surface area contributed by atoms with E-state index in [0.717, 1.165) is 6.42 Å². The number of ether oxygens (including phenoxy) is 1. The molecule has 0 aliphatic heterocycles. The monoisotopic (exact) mass is 258 g/mol. The van der Waals surface area contributed by atoms with Gasteiger partial charge in [-0.25, -0.2) is 0 Å². The Bertz CT molecular complexity index is 459. The van der Waals surface area contributed by atoms with Crippen molar-refractivity contribution in [2.45, 2.75) is 27.2 Å². The summed E-state index contributed by atoms with van der Waals surface area (Å²) in [5, 5.41) is 0. The van der Waals surface area contributed by atoms with Crippen molar-refractivity contribution in [2.24, 2.45) is 17.8 Å². The van der Waals surface area contributed by atoms with Crippen LogP contribution in [0.5, 0.6) is 0 Å². The molecule has 0 bridgehead atoms. The van der Waals surface area contributed by atoms with Gasteiger partial charge in [-0.3, -0.25) is 4.79 Å². The fourth-order valence-electron chi connectivity index (χ4n) is 2.52. The van der Waals surface area contributed by atoms with Crippen LogP contribution in [0.3, 0.4) is 0 Å². The summed E-state index contributed by atoms with van der Waals surface area (Å²) in [7, 11) is 0. The Morgan fingerprint density at radius 1 is 1.32 bits per heavy atom. The smallest absolute Gasteiger partial charge is 0.309 e. The first-order valence-corrected chi connectivity index (χ1v) is 7.06. The molecule has 0 heterocycles. The van der Waals surface area contributed by atoms with E-state index >= 15 is 0 Å². The highest BCUT2D eigenvalue weighted by Crippen LogP contribution is 2.48. The molecule has 0 saturated heterocycles. The number of benzene rings is 1. The van der Waals surface area contributed by atoms with Crippen molar-refractivity contribution in [3.05, 3.63) is 41.5 Å². The van der Waals surface area contributed by atoms with Gasteiger partial charge < -0.3 is 4.74 Å². The van der Waals surface area contributed by atoms with E-state index in [9.17, 15) is 4.79 Å². The number of rotatable bonds is 5. The van der Waals surface area contributed by atoms with Gasteiger partial charge in [-0.1, -0.05) is 55.8 Å². The van der Waals surface area contributed by atoms with Crippen LogP contribution in [-0.2, 0) is 9.53 Å². The van der Waals surface area contributed by atoms with E-state index in [1.165, 1.54) is 11.1 Å². The van der Waals surface area contributed by atoms with Gasteiger partial charge in [0.1, 0.15) is 0 Å². The van der Waals surface area contributed by atoms with Gasteiger partial charge in [-0.05, 0) is 30.7 Å². The van der Waals surface area contributed by atoms with Crippen LogP contribution in [0.2, 0.25) is 0 Å². The number of hydrogen-bond acceptors (Lipinski definition) is 2. The lowest BCUT2D eigenvalue weighted by Crippen LogP contribution is -2.09. The summed E-state index contributed by atoms with van der Waals surface area (Å²) < 4.78 is 5.11. The zero-order valence-electron chi connectivity index (χ0n) is 11.9. The van der Waals surface area contributed by atoms with Crippen LogP contribution in [0.25, 0.3) is 6.08 Å². The molecule has 2 nitrogen and oxygen atoms in total. The minimum Gasteiger partial charge on any atom is -0.466 e. The van der Waals surface area contributed by atoms with E-state index in [1.54, 1.807) is 0 Å². The highest BCUT2D eigenvalue weighted by molar-refractivity contribution is 5.77. The third-order valence-electron chi connectivity index (χ3n) is 3.61. The summed E-state index contributed by atoms with van der Waals surface area (Å²) in [6.45, 7) is 6.71. The molecule has 1 aromatic rings. The zero-order chi connectivity index (χ0) is 13.8. The predicted octanol–water partition coefficient (Wildman–Crippen LogP) is 3.93. The highest BCUT2D eigenvalue weighted by Gasteiger charge is 2.46. The summed E-state index contributed by atoms with van der Waals surface area (Å²) in [4.78, 5) is 11.7. The molecule has 1 aliphatic carbocycles. The maximum atomic E-state index is 11.7. The number of hydrogen-bond donors (Lipinski definition) is 0. The molecule has 2 atom stereocenters. The van der Waals surface area contributed by atoms with Crippen molar-refractivity contribution >= 4 is 12.0 Å². The molecule has 0 spiro atoms. The minimum absolute atomic E-state index is 0.0351. The van der Waals surface area contributed by atoms with E-state index in [1.807, 2.05) is 25.1 Å². The quantitative estimate of drug-likeness (QED) is 0.748. The SMILES string of the molecule is CCOC(=O)[C@@H]1C[C@H]1/C(=C/c1ccccc1)C(C)C. The molecule has 102 valence electrons. The van der Waals surface area contributed by atoms with Gasteiger partial charge in [0.15, 0.2) is 0 Å². The number of esters is 1.